The molecule has 2 heterocycles. The van der Waals surface area contributed by atoms with Crippen molar-refractivity contribution in [1.82, 2.24) is 14.8 Å². The maximum absolute atomic E-state index is 12.2. The van der Waals surface area contributed by atoms with E-state index in [1.54, 1.807) is 19.3 Å². The highest BCUT2D eigenvalue weighted by Gasteiger charge is 2.11. The first kappa shape index (κ1) is 13.9. The standard InChI is InChI=1S/C14H16N4O2/c1-10-9-17-18(14(20)12(10)8-13(15)19)7-5-11-4-2-3-6-16-11/h2-4,6,9H,5,7-8H2,1H3,(H2,15,19). The lowest BCUT2D eigenvalue weighted by Crippen LogP contribution is -2.30. The Morgan fingerprint density at radius 1 is 1.40 bits per heavy atom. The van der Waals surface area contributed by atoms with Gasteiger partial charge >= 0.3 is 0 Å². The maximum Gasteiger partial charge on any atom is 0.270 e. The molecule has 0 fully saturated rings. The largest absolute Gasteiger partial charge is 0.369 e. The van der Waals surface area contributed by atoms with Gasteiger partial charge in [0.15, 0.2) is 0 Å². The third kappa shape index (κ3) is 3.28. The number of nitrogens with zero attached hydrogens (tertiary/aromatic N) is 3. The molecular weight excluding hydrogens is 256 g/mol. The van der Waals surface area contributed by atoms with Crippen molar-refractivity contribution in [2.45, 2.75) is 26.3 Å². The first-order valence-corrected chi connectivity index (χ1v) is 6.31. The fraction of sp³-hybridized carbons (Fsp3) is 0.286. The van der Waals surface area contributed by atoms with Crippen LogP contribution in [0.4, 0.5) is 0 Å². The molecule has 0 spiro atoms. The first-order valence-electron chi connectivity index (χ1n) is 6.31. The number of rotatable bonds is 5. The van der Waals surface area contributed by atoms with Crippen molar-refractivity contribution >= 4 is 5.91 Å². The number of carbonyl (C=O) groups excluding carboxylic acids is 1. The van der Waals surface area contributed by atoms with E-state index >= 15 is 0 Å². The van der Waals surface area contributed by atoms with E-state index < -0.39 is 5.91 Å². The molecule has 0 aromatic carbocycles. The zero-order valence-corrected chi connectivity index (χ0v) is 11.2. The third-order valence-electron chi connectivity index (χ3n) is 3.02. The van der Waals surface area contributed by atoms with Crippen LogP contribution in [0.5, 0.6) is 0 Å². The van der Waals surface area contributed by atoms with Crippen LogP contribution in [-0.4, -0.2) is 20.7 Å². The van der Waals surface area contributed by atoms with Crippen LogP contribution >= 0.6 is 0 Å². The molecule has 0 aliphatic rings. The number of aryl methyl sites for hydroxylation is 3. The number of nitrogens with two attached hydrogens (primary N) is 1. The van der Waals surface area contributed by atoms with E-state index in [0.29, 0.717) is 24.1 Å². The lowest BCUT2D eigenvalue weighted by Gasteiger charge is -2.08. The molecule has 0 unspecified atom stereocenters. The molecule has 6 heteroatoms. The molecule has 2 aromatic heterocycles. The van der Waals surface area contributed by atoms with Crippen LogP contribution in [0.1, 0.15) is 16.8 Å². The summed E-state index contributed by atoms with van der Waals surface area (Å²) < 4.78 is 1.35. The van der Waals surface area contributed by atoms with Gasteiger partial charge in [-0.15, -0.1) is 0 Å². The molecule has 2 N–H and O–H groups in total. The minimum absolute atomic E-state index is 0.0588. The molecule has 20 heavy (non-hydrogen) atoms. The Morgan fingerprint density at radius 3 is 2.85 bits per heavy atom. The Bertz CT molecular complexity index is 665. The summed E-state index contributed by atoms with van der Waals surface area (Å²) in [6.45, 7) is 2.16. The monoisotopic (exact) mass is 272 g/mol. The van der Waals surface area contributed by atoms with Gasteiger partial charge in [0, 0.05) is 23.9 Å². The van der Waals surface area contributed by atoms with E-state index in [1.807, 2.05) is 18.2 Å². The molecule has 0 saturated carbocycles. The molecule has 0 radical (unpaired) electrons. The summed E-state index contributed by atoms with van der Waals surface area (Å²) in [5, 5.41) is 4.09. The quantitative estimate of drug-likeness (QED) is 0.842. The van der Waals surface area contributed by atoms with E-state index in [1.165, 1.54) is 4.68 Å². The average Bonchev–Trinajstić information content (AvgIpc) is 2.43. The molecule has 6 nitrogen and oxygen atoms in total. The van der Waals surface area contributed by atoms with Crippen molar-refractivity contribution in [2.24, 2.45) is 5.73 Å². The lowest BCUT2D eigenvalue weighted by molar-refractivity contribution is -0.117. The normalized spacial score (nSPS) is 10.4. The topological polar surface area (TPSA) is 90.9 Å². The van der Waals surface area contributed by atoms with Crippen molar-refractivity contribution < 1.29 is 4.79 Å². The van der Waals surface area contributed by atoms with E-state index in [0.717, 1.165) is 5.69 Å². The summed E-state index contributed by atoms with van der Waals surface area (Å²) in [4.78, 5) is 27.4. The number of hydrogen-bond donors (Lipinski definition) is 1. The zero-order valence-electron chi connectivity index (χ0n) is 11.2. The minimum atomic E-state index is -0.521. The SMILES string of the molecule is Cc1cnn(CCc2ccccn2)c(=O)c1CC(N)=O. The Labute approximate surface area is 116 Å². The molecule has 0 bridgehead atoms. The Hall–Kier alpha value is -2.50. The Kier molecular flexibility index (Phi) is 4.24. The fourth-order valence-corrected chi connectivity index (χ4v) is 1.93. The second kappa shape index (κ2) is 6.10. The number of aromatic nitrogens is 3. The summed E-state index contributed by atoms with van der Waals surface area (Å²) in [6, 6.07) is 5.63. The fourth-order valence-electron chi connectivity index (χ4n) is 1.93. The van der Waals surface area contributed by atoms with Crippen LogP contribution in [0.2, 0.25) is 0 Å². The van der Waals surface area contributed by atoms with Gasteiger partial charge in [-0.05, 0) is 24.6 Å². The minimum Gasteiger partial charge on any atom is -0.369 e. The summed E-state index contributed by atoms with van der Waals surface area (Å²) in [7, 11) is 0. The lowest BCUT2D eigenvalue weighted by atomic mass is 10.1. The van der Waals surface area contributed by atoms with E-state index in [9.17, 15) is 9.59 Å². The summed E-state index contributed by atoms with van der Waals surface area (Å²) in [5.41, 5.74) is 6.88. The molecule has 2 rings (SSSR count). The van der Waals surface area contributed by atoms with Gasteiger partial charge in [-0.2, -0.15) is 5.10 Å². The first-order chi connectivity index (χ1) is 9.58. The van der Waals surface area contributed by atoms with Gasteiger partial charge < -0.3 is 5.73 Å². The van der Waals surface area contributed by atoms with Gasteiger partial charge in [-0.25, -0.2) is 4.68 Å². The van der Waals surface area contributed by atoms with Gasteiger partial charge in [-0.3, -0.25) is 14.6 Å². The van der Waals surface area contributed by atoms with Crippen LogP contribution in [0.15, 0.2) is 35.4 Å². The predicted octanol–water partition coefficient (Wildman–Crippen LogP) is 0.217. The second-order valence-corrected chi connectivity index (χ2v) is 4.55. The van der Waals surface area contributed by atoms with Crippen molar-refractivity contribution in [2.75, 3.05) is 0 Å². The smallest absolute Gasteiger partial charge is 0.270 e. The van der Waals surface area contributed by atoms with Gasteiger partial charge in [0.1, 0.15) is 0 Å². The van der Waals surface area contributed by atoms with Crippen molar-refractivity contribution in [3.63, 3.8) is 0 Å². The Balaban J connectivity index is 2.20. The van der Waals surface area contributed by atoms with Gasteiger partial charge in [-0.1, -0.05) is 6.07 Å². The number of amides is 1. The van der Waals surface area contributed by atoms with E-state index in [-0.39, 0.29) is 12.0 Å². The van der Waals surface area contributed by atoms with E-state index in [2.05, 4.69) is 10.1 Å². The highest BCUT2D eigenvalue weighted by atomic mass is 16.1. The molecule has 0 aliphatic carbocycles. The third-order valence-corrected chi connectivity index (χ3v) is 3.02. The highest BCUT2D eigenvalue weighted by Crippen LogP contribution is 2.02. The molecular formula is C14H16N4O2. The molecule has 2 aromatic rings. The van der Waals surface area contributed by atoms with Gasteiger partial charge in [0.25, 0.3) is 5.56 Å². The number of primary amides is 1. The number of hydrogen-bond acceptors (Lipinski definition) is 4. The molecule has 0 aliphatic heterocycles. The maximum atomic E-state index is 12.2. The average molecular weight is 272 g/mol. The number of carbonyl (C=O) groups is 1. The summed E-state index contributed by atoms with van der Waals surface area (Å²) >= 11 is 0. The van der Waals surface area contributed by atoms with Gasteiger partial charge in [0.2, 0.25) is 5.91 Å². The molecule has 104 valence electrons. The van der Waals surface area contributed by atoms with Crippen LogP contribution < -0.4 is 11.3 Å². The van der Waals surface area contributed by atoms with Crippen LogP contribution in [-0.2, 0) is 24.2 Å². The van der Waals surface area contributed by atoms with Crippen LogP contribution in [0.3, 0.4) is 0 Å². The zero-order chi connectivity index (χ0) is 14.5. The van der Waals surface area contributed by atoms with Crippen molar-refractivity contribution in [3.05, 3.63) is 57.8 Å². The summed E-state index contributed by atoms with van der Waals surface area (Å²) in [6.07, 6.45) is 3.83. The number of pyridine rings is 1. The van der Waals surface area contributed by atoms with Crippen molar-refractivity contribution in [1.29, 1.82) is 0 Å². The Morgan fingerprint density at radius 2 is 2.20 bits per heavy atom. The predicted molar refractivity (Wildman–Crippen MR) is 74.1 cm³/mol. The molecule has 0 saturated heterocycles. The van der Waals surface area contributed by atoms with E-state index in [4.69, 9.17) is 5.73 Å². The van der Waals surface area contributed by atoms with Crippen molar-refractivity contribution in [3.8, 4) is 0 Å². The van der Waals surface area contributed by atoms with Crippen LogP contribution in [0, 0.1) is 6.92 Å². The molecule has 1 amide bonds. The summed E-state index contributed by atoms with van der Waals surface area (Å²) in [5.74, 6) is -0.521. The van der Waals surface area contributed by atoms with Gasteiger partial charge in [0.05, 0.1) is 19.2 Å². The second-order valence-electron chi connectivity index (χ2n) is 4.55. The highest BCUT2D eigenvalue weighted by molar-refractivity contribution is 5.76. The van der Waals surface area contributed by atoms with Crippen LogP contribution in [0.25, 0.3) is 0 Å². The molecule has 0 atom stereocenters.